The quantitative estimate of drug-likeness (QED) is 0.465. The molecule has 0 amide bonds. The van der Waals surface area contributed by atoms with Crippen LogP contribution in [0.4, 0.5) is 8.78 Å². The number of ketones is 1. The standard InChI is InChI=1S/C8H4ClF2IO/c9-8(10,11)7(13)5-2-1-3-6(12)4-5/h1-4H. The van der Waals surface area contributed by atoms with Gasteiger partial charge >= 0.3 is 5.38 Å². The minimum atomic E-state index is -3.82. The molecule has 0 unspecified atom stereocenters. The molecule has 0 radical (unpaired) electrons. The number of alkyl halides is 3. The monoisotopic (exact) mass is 316 g/mol. The normalized spacial score (nSPS) is 11.4. The van der Waals surface area contributed by atoms with Crippen LogP contribution in [0, 0.1) is 3.57 Å². The van der Waals surface area contributed by atoms with Crippen LogP contribution >= 0.6 is 34.2 Å². The van der Waals surface area contributed by atoms with Crippen molar-refractivity contribution in [2.75, 3.05) is 0 Å². The van der Waals surface area contributed by atoms with Gasteiger partial charge in [0.15, 0.2) is 0 Å². The van der Waals surface area contributed by atoms with Crippen molar-refractivity contribution >= 4 is 40.0 Å². The van der Waals surface area contributed by atoms with E-state index in [1.807, 2.05) is 22.6 Å². The maximum absolute atomic E-state index is 12.3. The molecule has 1 aromatic rings. The maximum Gasteiger partial charge on any atom is 0.384 e. The third-order valence-electron chi connectivity index (χ3n) is 1.34. The van der Waals surface area contributed by atoms with E-state index < -0.39 is 11.2 Å². The fourth-order valence-corrected chi connectivity index (χ4v) is 1.45. The van der Waals surface area contributed by atoms with E-state index in [2.05, 4.69) is 11.6 Å². The van der Waals surface area contributed by atoms with Crippen molar-refractivity contribution in [2.45, 2.75) is 5.38 Å². The molecule has 0 saturated carbocycles. The first kappa shape index (κ1) is 10.8. The van der Waals surface area contributed by atoms with Crippen molar-refractivity contribution in [1.29, 1.82) is 0 Å². The van der Waals surface area contributed by atoms with Crippen LogP contribution in [-0.2, 0) is 0 Å². The molecule has 0 spiro atoms. The van der Waals surface area contributed by atoms with Gasteiger partial charge in [-0.15, -0.1) is 0 Å². The Morgan fingerprint density at radius 1 is 1.46 bits per heavy atom. The second kappa shape index (κ2) is 3.88. The van der Waals surface area contributed by atoms with Gasteiger partial charge in [-0.25, -0.2) is 0 Å². The van der Waals surface area contributed by atoms with Crippen LogP contribution in [-0.4, -0.2) is 11.2 Å². The Morgan fingerprint density at radius 3 is 2.54 bits per heavy atom. The highest BCUT2D eigenvalue weighted by molar-refractivity contribution is 14.1. The average Bonchev–Trinajstić information content (AvgIpc) is 2.01. The van der Waals surface area contributed by atoms with Gasteiger partial charge in [0.1, 0.15) is 0 Å². The number of carbonyl (C=O) groups is 1. The molecule has 0 aliphatic heterocycles. The van der Waals surface area contributed by atoms with Crippen LogP contribution in [0.3, 0.4) is 0 Å². The summed E-state index contributed by atoms with van der Waals surface area (Å²) in [7, 11) is 0. The van der Waals surface area contributed by atoms with Crippen molar-refractivity contribution in [2.24, 2.45) is 0 Å². The summed E-state index contributed by atoms with van der Waals surface area (Å²) in [5.74, 6) is -1.37. The third kappa shape index (κ3) is 2.87. The number of carbonyl (C=O) groups excluding carboxylic acids is 1. The van der Waals surface area contributed by atoms with E-state index in [1.54, 1.807) is 6.07 Å². The van der Waals surface area contributed by atoms with E-state index in [0.717, 1.165) is 0 Å². The highest BCUT2D eigenvalue weighted by atomic mass is 127. The summed E-state index contributed by atoms with van der Waals surface area (Å²) < 4.78 is 25.4. The lowest BCUT2D eigenvalue weighted by Gasteiger charge is -2.05. The van der Waals surface area contributed by atoms with E-state index in [9.17, 15) is 13.6 Å². The van der Waals surface area contributed by atoms with Gasteiger partial charge in [-0.05, 0) is 46.3 Å². The molecule has 1 rings (SSSR count). The lowest BCUT2D eigenvalue weighted by molar-refractivity contribution is 0.0536. The highest BCUT2D eigenvalue weighted by Crippen LogP contribution is 2.24. The number of Topliss-reactive ketones (excluding diaryl/α,β-unsaturated/α-hetero) is 1. The van der Waals surface area contributed by atoms with E-state index in [-0.39, 0.29) is 5.56 Å². The topological polar surface area (TPSA) is 17.1 Å². The predicted octanol–water partition coefficient (Wildman–Crippen LogP) is 3.31. The molecular weight excluding hydrogens is 312 g/mol. The van der Waals surface area contributed by atoms with Crippen molar-refractivity contribution < 1.29 is 13.6 Å². The van der Waals surface area contributed by atoms with Crippen molar-refractivity contribution in [3.63, 3.8) is 0 Å². The maximum atomic E-state index is 12.3. The van der Waals surface area contributed by atoms with E-state index >= 15 is 0 Å². The molecule has 0 bridgehead atoms. The van der Waals surface area contributed by atoms with Crippen LogP contribution in [0.25, 0.3) is 0 Å². The van der Waals surface area contributed by atoms with Crippen molar-refractivity contribution in [1.82, 2.24) is 0 Å². The van der Waals surface area contributed by atoms with Crippen LogP contribution in [0.5, 0.6) is 0 Å². The first-order chi connectivity index (χ1) is 5.91. The summed E-state index contributed by atoms with van der Waals surface area (Å²) in [6.45, 7) is 0. The molecule has 1 nitrogen and oxygen atoms in total. The minimum Gasteiger partial charge on any atom is -0.286 e. The van der Waals surface area contributed by atoms with Crippen LogP contribution in [0.1, 0.15) is 10.4 Å². The van der Waals surface area contributed by atoms with Gasteiger partial charge in [0.05, 0.1) is 0 Å². The van der Waals surface area contributed by atoms with Gasteiger partial charge in [0.25, 0.3) is 0 Å². The molecule has 1 aromatic carbocycles. The summed E-state index contributed by atoms with van der Waals surface area (Å²) in [5.41, 5.74) is -0.0769. The zero-order chi connectivity index (χ0) is 10.1. The molecule has 5 heteroatoms. The lowest BCUT2D eigenvalue weighted by Crippen LogP contribution is -2.21. The molecule has 0 fully saturated rings. The Balaban J connectivity index is 3.03. The van der Waals surface area contributed by atoms with Crippen LogP contribution in [0.2, 0.25) is 0 Å². The first-order valence-corrected chi connectivity index (χ1v) is 4.74. The molecular formula is C8H4ClF2IO. The lowest BCUT2D eigenvalue weighted by atomic mass is 10.1. The molecule has 70 valence electrons. The second-order valence-corrected chi connectivity index (χ2v) is 4.06. The molecule has 0 saturated heterocycles. The first-order valence-electron chi connectivity index (χ1n) is 3.28. The van der Waals surface area contributed by atoms with Crippen molar-refractivity contribution in [3.8, 4) is 0 Å². The van der Waals surface area contributed by atoms with Crippen LogP contribution in [0.15, 0.2) is 24.3 Å². The Morgan fingerprint density at radius 2 is 2.08 bits per heavy atom. The predicted molar refractivity (Wildman–Crippen MR) is 54.3 cm³/mol. The van der Waals surface area contributed by atoms with E-state index in [0.29, 0.717) is 3.57 Å². The fourth-order valence-electron chi connectivity index (χ4n) is 0.793. The number of benzene rings is 1. The van der Waals surface area contributed by atoms with Gasteiger partial charge < -0.3 is 0 Å². The highest BCUT2D eigenvalue weighted by Gasteiger charge is 2.36. The molecule has 0 heterocycles. The van der Waals surface area contributed by atoms with Gasteiger partial charge in [0.2, 0.25) is 5.78 Å². The number of halogens is 4. The van der Waals surface area contributed by atoms with Gasteiger partial charge in [-0.1, -0.05) is 12.1 Å². The van der Waals surface area contributed by atoms with E-state index in [1.165, 1.54) is 18.2 Å². The zero-order valence-corrected chi connectivity index (χ0v) is 9.14. The Hall–Kier alpha value is -0.230. The second-order valence-electron chi connectivity index (χ2n) is 2.34. The third-order valence-corrected chi connectivity index (χ3v) is 2.19. The number of hydrogen-bond donors (Lipinski definition) is 0. The average molecular weight is 316 g/mol. The van der Waals surface area contributed by atoms with Crippen LogP contribution < -0.4 is 0 Å². The summed E-state index contributed by atoms with van der Waals surface area (Å²) in [6.07, 6.45) is 0. The molecule has 0 atom stereocenters. The summed E-state index contributed by atoms with van der Waals surface area (Å²) in [4.78, 5) is 10.9. The Labute approximate surface area is 92.2 Å². The fraction of sp³-hybridized carbons (Fsp3) is 0.125. The minimum absolute atomic E-state index is 0.0769. The largest absolute Gasteiger partial charge is 0.384 e. The Bertz CT molecular complexity index is 335. The van der Waals surface area contributed by atoms with Crippen molar-refractivity contribution in [3.05, 3.63) is 33.4 Å². The number of hydrogen-bond acceptors (Lipinski definition) is 1. The van der Waals surface area contributed by atoms with Gasteiger partial charge in [0, 0.05) is 9.13 Å². The van der Waals surface area contributed by atoms with Gasteiger partial charge in [-0.2, -0.15) is 8.78 Å². The summed E-state index contributed by atoms with van der Waals surface area (Å²) >= 11 is 6.51. The molecule has 13 heavy (non-hydrogen) atoms. The van der Waals surface area contributed by atoms with E-state index in [4.69, 9.17) is 0 Å². The summed E-state index contributed by atoms with van der Waals surface area (Å²) in [5, 5.41) is -3.82. The molecule has 0 aromatic heterocycles. The molecule has 0 aliphatic carbocycles. The number of rotatable bonds is 2. The zero-order valence-electron chi connectivity index (χ0n) is 6.23. The molecule has 0 aliphatic rings. The molecule has 0 N–H and O–H groups in total. The summed E-state index contributed by atoms with van der Waals surface area (Å²) in [6, 6.07) is 5.89. The SMILES string of the molecule is O=C(c1cccc(I)c1)C(F)(F)Cl. The Kier molecular flexibility index (Phi) is 3.23. The smallest absolute Gasteiger partial charge is 0.286 e. The van der Waals surface area contributed by atoms with Gasteiger partial charge in [-0.3, -0.25) is 4.79 Å².